The normalized spacial score (nSPS) is 11.3. The van der Waals surface area contributed by atoms with Crippen LogP contribution >= 0.6 is 9.24 Å². The predicted octanol–water partition coefficient (Wildman–Crippen LogP) is 3.84. The van der Waals surface area contributed by atoms with Gasteiger partial charge in [0.1, 0.15) is 12.4 Å². The Morgan fingerprint density at radius 1 is 1.07 bits per heavy atom. The topological polar surface area (TPSA) is 101 Å². The number of nitrogens with zero attached hydrogens (tertiary/aromatic N) is 1. The average Bonchev–Trinajstić information content (AvgIpc) is 2.74. The first-order valence-electron chi connectivity index (χ1n) is 8.80. The lowest BCUT2D eigenvalue weighted by molar-refractivity contribution is 0.102. The molecular weight excluding hydrogens is 389 g/mol. The zero-order valence-electron chi connectivity index (χ0n) is 15.4. The van der Waals surface area contributed by atoms with Crippen LogP contribution < -0.4 is 10.6 Å². The fraction of sp³-hybridized carbons (Fsp3) is 0.0952. The third kappa shape index (κ3) is 5.77. The maximum Gasteiger partial charge on any atom is 0.408 e. The van der Waals surface area contributed by atoms with Crippen molar-refractivity contribution in [2.24, 2.45) is 0 Å². The molecule has 0 bridgehead atoms. The molecule has 0 aliphatic carbocycles. The van der Waals surface area contributed by atoms with Crippen molar-refractivity contribution in [2.45, 2.75) is 12.4 Å². The molecule has 2 amide bonds. The van der Waals surface area contributed by atoms with E-state index in [1.807, 2.05) is 6.07 Å². The van der Waals surface area contributed by atoms with Crippen LogP contribution in [0.1, 0.15) is 27.3 Å². The van der Waals surface area contributed by atoms with Crippen molar-refractivity contribution >= 4 is 26.9 Å². The summed E-state index contributed by atoms with van der Waals surface area (Å²) in [5, 5.41) is 15.1. The van der Waals surface area contributed by atoms with Crippen molar-refractivity contribution in [3.8, 4) is 5.75 Å². The lowest BCUT2D eigenvalue weighted by Crippen LogP contribution is -2.25. The zero-order valence-corrected chi connectivity index (χ0v) is 16.6. The first-order valence-corrected chi connectivity index (χ1v) is 9.46. The summed E-state index contributed by atoms with van der Waals surface area (Å²) >= 11 is 0. The number of phenols is 1. The summed E-state index contributed by atoms with van der Waals surface area (Å²) in [6, 6.07) is 16.8. The van der Waals surface area contributed by atoms with Gasteiger partial charge < -0.3 is 20.5 Å². The standard InChI is InChI=1S/C21H20N3O4P/c25-18-6-2-1-5-17(18)23-19(26)15-7-9-16(10-8-15)20(29)24-21(27)28-13-14-4-3-11-22-12-14/h1-12,20,25H,13,29H2,(H,23,26)(H,24,27)/t20-/m0/s1. The van der Waals surface area contributed by atoms with Crippen LogP contribution in [0.3, 0.4) is 0 Å². The van der Waals surface area contributed by atoms with Crippen LogP contribution in [0.5, 0.6) is 5.75 Å². The number of amides is 2. The minimum absolute atomic E-state index is 0.00325. The van der Waals surface area contributed by atoms with Crippen molar-refractivity contribution in [1.82, 2.24) is 10.3 Å². The maximum absolute atomic E-state index is 12.3. The van der Waals surface area contributed by atoms with Crippen molar-refractivity contribution in [2.75, 3.05) is 5.32 Å². The molecule has 0 aliphatic rings. The number of alkyl carbamates (subject to hydrolysis) is 1. The van der Waals surface area contributed by atoms with E-state index in [-0.39, 0.29) is 24.0 Å². The molecule has 29 heavy (non-hydrogen) atoms. The van der Waals surface area contributed by atoms with Crippen LogP contribution in [-0.4, -0.2) is 22.1 Å². The lowest BCUT2D eigenvalue weighted by Gasteiger charge is -2.15. The number of rotatable bonds is 6. The van der Waals surface area contributed by atoms with Crippen LogP contribution in [0.2, 0.25) is 0 Å². The number of hydrogen-bond donors (Lipinski definition) is 3. The Labute approximate surface area is 170 Å². The van der Waals surface area contributed by atoms with Gasteiger partial charge in [-0.05, 0) is 35.9 Å². The number of hydrogen-bond acceptors (Lipinski definition) is 5. The summed E-state index contributed by atoms with van der Waals surface area (Å²) in [4.78, 5) is 28.2. The Bertz CT molecular complexity index is 981. The van der Waals surface area contributed by atoms with Gasteiger partial charge in [0.25, 0.3) is 5.91 Å². The maximum atomic E-state index is 12.3. The molecule has 1 aromatic heterocycles. The number of carbonyl (C=O) groups is 2. The van der Waals surface area contributed by atoms with Gasteiger partial charge in [0, 0.05) is 23.5 Å². The summed E-state index contributed by atoms with van der Waals surface area (Å²) in [6.07, 6.45) is 2.72. The molecule has 1 unspecified atom stereocenters. The van der Waals surface area contributed by atoms with Crippen LogP contribution in [0, 0.1) is 0 Å². The van der Waals surface area contributed by atoms with E-state index in [9.17, 15) is 14.7 Å². The van der Waals surface area contributed by atoms with Crippen molar-refractivity contribution < 1.29 is 19.4 Å². The van der Waals surface area contributed by atoms with Gasteiger partial charge in [0.05, 0.1) is 11.5 Å². The summed E-state index contributed by atoms with van der Waals surface area (Å²) in [7, 11) is 2.51. The predicted molar refractivity (Wildman–Crippen MR) is 113 cm³/mol. The van der Waals surface area contributed by atoms with Gasteiger partial charge in [0.15, 0.2) is 0 Å². The molecule has 0 aliphatic heterocycles. The number of aromatic hydroxyl groups is 1. The number of pyridine rings is 1. The highest BCUT2D eigenvalue weighted by molar-refractivity contribution is 7.17. The van der Waals surface area contributed by atoms with Gasteiger partial charge in [-0.25, -0.2) is 4.79 Å². The summed E-state index contributed by atoms with van der Waals surface area (Å²) in [5.41, 5.74) is 2.34. The molecule has 0 saturated heterocycles. The minimum Gasteiger partial charge on any atom is -0.506 e. The summed E-state index contributed by atoms with van der Waals surface area (Å²) in [5.74, 6) is -0.731. The van der Waals surface area contributed by atoms with Gasteiger partial charge in [-0.15, -0.1) is 9.24 Å². The molecule has 2 aromatic carbocycles. The van der Waals surface area contributed by atoms with Crippen LogP contribution in [0.4, 0.5) is 10.5 Å². The molecule has 8 heteroatoms. The Kier molecular flexibility index (Phi) is 6.76. The fourth-order valence-corrected chi connectivity index (χ4v) is 2.86. The first kappa shape index (κ1) is 20.3. The monoisotopic (exact) mass is 409 g/mol. The molecule has 3 rings (SSSR count). The molecule has 0 saturated carbocycles. The number of benzene rings is 2. The second-order valence-electron chi connectivity index (χ2n) is 6.15. The highest BCUT2D eigenvalue weighted by Gasteiger charge is 2.13. The third-order valence-corrected chi connectivity index (χ3v) is 4.60. The molecule has 3 aromatic rings. The SMILES string of the molecule is O=C(N[C@@H](P)c1ccc(C(=O)Nc2ccccc2O)cc1)OCc1cccnc1. The van der Waals surface area contributed by atoms with Crippen molar-refractivity contribution in [3.05, 3.63) is 89.7 Å². The average molecular weight is 409 g/mol. The number of nitrogens with one attached hydrogen (secondary N) is 2. The number of phenolic OH excluding ortho intramolecular Hbond substituents is 1. The van der Waals surface area contributed by atoms with E-state index in [0.29, 0.717) is 11.3 Å². The van der Waals surface area contributed by atoms with Gasteiger partial charge in [-0.2, -0.15) is 0 Å². The van der Waals surface area contributed by atoms with Gasteiger partial charge in [-0.3, -0.25) is 9.78 Å². The number of carbonyl (C=O) groups excluding carboxylic acids is 2. The molecule has 7 nitrogen and oxygen atoms in total. The number of para-hydroxylation sites is 2. The molecule has 3 N–H and O–H groups in total. The quantitative estimate of drug-likeness (QED) is 0.424. The van der Waals surface area contributed by atoms with E-state index in [0.717, 1.165) is 11.1 Å². The molecule has 0 radical (unpaired) electrons. The molecule has 0 fully saturated rings. The molecule has 148 valence electrons. The lowest BCUT2D eigenvalue weighted by atomic mass is 10.1. The van der Waals surface area contributed by atoms with E-state index in [2.05, 4.69) is 24.9 Å². The smallest absolute Gasteiger partial charge is 0.408 e. The number of aromatic nitrogens is 1. The Morgan fingerprint density at radius 3 is 2.52 bits per heavy atom. The Hall–Kier alpha value is -3.44. The van der Waals surface area contributed by atoms with Crippen LogP contribution in [-0.2, 0) is 11.3 Å². The van der Waals surface area contributed by atoms with Crippen LogP contribution in [0.25, 0.3) is 0 Å². The molecular formula is C21H20N3O4P. The van der Waals surface area contributed by atoms with Crippen LogP contribution in [0.15, 0.2) is 73.1 Å². The third-order valence-electron chi connectivity index (χ3n) is 4.05. The largest absolute Gasteiger partial charge is 0.506 e. The van der Waals surface area contributed by atoms with Crippen molar-refractivity contribution in [1.29, 1.82) is 0 Å². The van der Waals surface area contributed by atoms with E-state index in [4.69, 9.17) is 4.74 Å². The summed E-state index contributed by atoms with van der Waals surface area (Å²) in [6.45, 7) is 0.127. The van der Waals surface area contributed by atoms with Gasteiger partial charge in [-0.1, -0.05) is 30.3 Å². The first-order chi connectivity index (χ1) is 14.0. The molecule has 1 heterocycles. The highest BCUT2D eigenvalue weighted by atomic mass is 31.0. The molecule has 2 atom stereocenters. The van der Waals surface area contributed by atoms with Gasteiger partial charge in [0.2, 0.25) is 0 Å². The van der Waals surface area contributed by atoms with Gasteiger partial charge >= 0.3 is 6.09 Å². The molecule has 0 spiro atoms. The van der Waals surface area contributed by atoms with E-state index in [1.54, 1.807) is 60.9 Å². The number of ether oxygens (including phenoxy) is 1. The zero-order chi connectivity index (χ0) is 20.6. The highest BCUT2D eigenvalue weighted by Crippen LogP contribution is 2.23. The number of anilines is 1. The second-order valence-corrected chi connectivity index (χ2v) is 6.82. The Morgan fingerprint density at radius 2 is 1.83 bits per heavy atom. The fourth-order valence-electron chi connectivity index (χ4n) is 2.50. The minimum atomic E-state index is -0.560. The second kappa shape index (κ2) is 9.66. The summed E-state index contributed by atoms with van der Waals surface area (Å²) < 4.78 is 5.17. The Balaban J connectivity index is 1.54. The van der Waals surface area contributed by atoms with E-state index in [1.165, 1.54) is 6.07 Å². The van der Waals surface area contributed by atoms with E-state index < -0.39 is 6.09 Å². The van der Waals surface area contributed by atoms with E-state index >= 15 is 0 Å². The van der Waals surface area contributed by atoms with Crippen molar-refractivity contribution in [3.63, 3.8) is 0 Å².